The highest BCUT2D eigenvalue weighted by Gasteiger charge is 2.27. The van der Waals surface area contributed by atoms with E-state index in [0.29, 0.717) is 25.9 Å². The Morgan fingerprint density at radius 3 is 2.47 bits per heavy atom. The summed E-state index contributed by atoms with van der Waals surface area (Å²) in [5, 5.41) is 8.37. The van der Waals surface area contributed by atoms with Crippen molar-refractivity contribution < 1.29 is 9.59 Å². The van der Waals surface area contributed by atoms with Crippen LogP contribution in [0.4, 0.5) is 0 Å². The zero-order valence-corrected chi connectivity index (χ0v) is 8.90. The first kappa shape index (κ1) is 11.5. The molecule has 1 rings (SSSR count). The Kier molecular flexibility index (Phi) is 4.10. The third kappa shape index (κ3) is 2.94. The largest absolute Gasteiger partial charge is 0.332 e. The molecule has 0 aromatic rings. The van der Waals surface area contributed by atoms with Gasteiger partial charge in [0.15, 0.2) is 0 Å². The summed E-state index contributed by atoms with van der Waals surface area (Å²) >= 11 is 0. The van der Waals surface area contributed by atoms with E-state index in [9.17, 15) is 9.59 Å². The number of rotatable bonds is 4. The van der Waals surface area contributed by atoms with E-state index in [4.69, 9.17) is 5.26 Å². The summed E-state index contributed by atoms with van der Waals surface area (Å²) in [7, 11) is 0. The molecule has 1 aliphatic heterocycles. The number of hydrogen-bond acceptors (Lipinski definition) is 3. The first-order valence-corrected chi connectivity index (χ1v) is 5.11. The Balaban J connectivity index is 2.45. The van der Waals surface area contributed by atoms with Crippen molar-refractivity contribution in [2.75, 3.05) is 26.2 Å². The Bertz CT molecular complexity index is 296. The van der Waals surface area contributed by atoms with Gasteiger partial charge in [-0.25, -0.2) is 0 Å². The van der Waals surface area contributed by atoms with Gasteiger partial charge >= 0.3 is 0 Å². The van der Waals surface area contributed by atoms with Crippen molar-refractivity contribution in [3.8, 4) is 6.07 Å². The molecule has 0 bridgehead atoms. The zero-order chi connectivity index (χ0) is 11.3. The zero-order valence-electron chi connectivity index (χ0n) is 8.90. The number of carbonyl (C=O) groups is 2. The van der Waals surface area contributed by atoms with Crippen LogP contribution in [0.2, 0.25) is 0 Å². The van der Waals surface area contributed by atoms with E-state index in [1.807, 2.05) is 13.0 Å². The van der Waals surface area contributed by atoms with E-state index in [2.05, 4.69) is 0 Å². The molecule has 1 heterocycles. The minimum atomic E-state index is -0.0191. The quantitative estimate of drug-likeness (QED) is 0.611. The van der Waals surface area contributed by atoms with Gasteiger partial charge in [0, 0.05) is 19.5 Å². The van der Waals surface area contributed by atoms with Crippen LogP contribution in [0, 0.1) is 11.3 Å². The number of hydrogen-bond donors (Lipinski definition) is 0. The van der Waals surface area contributed by atoms with Gasteiger partial charge in [-0.1, -0.05) is 0 Å². The average Bonchev–Trinajstić information content (AvgIpc) is 2.23. The molecule has 5 heteroatoms. The van der Waals surface area contributed by atoms with Crippen LogP contribution in [0.15, 0.2) is 0 Å². The Hall–Kier alpha value is -1.57. The monoisotopic (exact) mass is 209 g/mol. The number of carbonyl (C=O) groups excluding carboxylic acids is 2. The van der Waals surface area contributed by atoms with Crippen molar-refractivity contribution in [1.29, 1.82) is 5.26 Å². The van der Waals surface area contributed by atoms with Gasteiger partial charge in [-0.3, -0.25) is 9.59 Å². The predicted molar refractivity (Wildman–Crippen MR) is 53.7 cm³/mol. The summed E-state index contributed by atoms with van der Waals surface area (Å²) in [6.07, 6.45) is 1.07. The van der Waals surface area contributed by atoms with Crippen molar-refractivity contribution in [2.45, 2.75) is 19.8 Å². The second-order valence-electron chi connectivity index (χ2n) is 3.48. The molecule has 15 heavy (non-hydrogen) atoms. The van der Waals surface area contributed by atoms with Crippen molar-refractivity contribution in [2.24, 2.45) is 0 Å². The minimum Gasteiger partial charge on any atom is -0.332 e. The van der Waals surface area contributed by atoms with Gasteiger partial charge in [0.25, 0.3) is 0 Å². The molecular weight excluding hydrogens is 194 g/mol. The highest BCUT2D eigenvalue weighted by atomic mass is 16.2. The van der Waals surface area contributed by atoms with E-state index < -0.39 is 0 Å². The first-order valence-electron chi connectivity index (χ1n) is 5.11. The molecule has 0 aliphatic carbocycles. The first-order chi connectivity index (χ1) is 7.19. The highest BCUT2D eigenvalue weighted by molar-refractivity contribution is 5.92. The van der Waals surface area contributed by atoms with Crippen molar-refractivity contribution in [3.63, 3.8) is 0 Å². The van der Waals surface area contributed by atoms with Gasteiger partial charge in [0.2, 0.25) is 11.8 Å². The molecule has 1 fully saturated rings. The third-order valence-corrected chi connectivity index (χ3v) is 2.46. The van der Waals surface area contributed by atoms with Crippen LogP contribution >= 0.6 is 0 Å². The number of piperazine rings is 1. The number of likely N-dealkylation sites (N-methyl/N-ethyl adjacent to an activating group) is 1. The fourth-order valence-corrected chi connectivity index (χ4v) is 1.54. The van der Waals surface area contributed by atoms with Crippen LogP contribution in [-0.4, -0.2) is 47.8 Å². The van der Waals surface area contributed by atoms with E-state index in [-0.39, 0.29) is 24.9 Å². The van der Waals surface area contributed by atoms with E-state index in [1.165, 1.54) is 4.90 Å². The normalized spacial score (nSPS) is 16.8. The van der Waals surface area contributed by atoms with Crippen LogP contribution in [-0.2, 0) is 9.59 Å². The molecule has 82 valence electrons. The van der Waals surface area contributed by atoms with Crippen molar-refractivity contribution >= 4 is 11.8 Å². The second kappa shape index (κ2) is 5.35. The lowest BCUT2D eigenvalue weighted by Crippen LogP contribution is -2.53. The van der Waals surface area contributed by atoms with Crippen molar-refractivity contribution in [3.05, 3.63) is 0 Å². The SMILES string of the molecule is CCN1CC(=O)N(CCCC#N)CC1=O. The van der Waals surface area contributed by atoms with Gasteiger partial charge in [-0.05, 0) is 13.3 Å². The van der Waals surface area contributed by atoms with Gasteiger partial charge in [0.1, 0.15) is 0 Å². The predicted octanol–water partition coefficient (Wildman–Crippen LogP) is -0.0191. The number of unbranched alkanes of at least 4 members (excludes halogenated alkanes) is 1. The van der Waals surface area contributed by atoms with E-state index >= 15 is 0 Å². The lowest BCUT2D eigenvalue weighted by molar-refractivity contribution is -0.149. The molecule has 0 radical (unpaired) electrons. The van der Waals surface area contributed by atoms with Crippen LogP contribution in [0.1, 0.15) is 19.8 Å². The summed E-state index contributed by atoms with van der Waals surface area (Å²) in [6.45, 7) is 3.29. The van der Waals surface area contributed by atoms with Crippen LogP contribution < -0.4 is 0 Å². The molecule has 1 saturated heterocycles. The molecule has 0 unspecified atom stereocenters. The Morgan fingerprint density at radius 1 is 1.27 bits per heavy atom. The fraction of sp³-hybridized carbons (Fsp3) is 0.700. The van der Waals surface area contributed by atoms with E-state index in [0.717, 1.165) is 0 Å². The smallest absolute Gasteiger partial charge is 0.242 e. The maximum atomic E-state index is 11.6. The maximum absolute atomic E-state index is 11.6. The highest BCUT2D eigenvalue weighted by Crippen LogP contribution is 2.05. The minimum absolute atomic E-state index is 0.00550. The molecule has 0 spiro atoms. The molecule has 5 nitrogen and oxygen atoms in total. The lowest BCUT2D eigenvalue weighted by atomic mass is 10.2. The second-order valence-corrected chi connectivity index (χ2v) is 3.48. The lowest BCUT2D eigenvalue weighted by Gasteiger charge is -2.33. The van der Waals surface area contributed by atoms with Gasteiger partial charge in [-0.2, -0.15) is 5.26 Å². The van der Waals surface area contributed by atoms with Gasteiger partial charge in [0.05, 0.1) is 19.2 Å². The molecule has 0 aromatic carbocycles. The number of nitriles is 1. The fourth-order valence-electron chi connectivity index (χ4n) is 1.54. The molecule has 2 amide bonds. The van der Waals surface area contributed by atoms with Crippen LogP contribution in [0.5, 0.6) is 0 Å². The molecule has 0 N–H and O–H groups in total. The maximum Gasteiger partial charge on any atom is 0.242 e. The number of amides is 2. The van der Waals surface area contributed by atoms with Crippen LogP contribution in [0.3, 0.4) is 0 Å². The van der Waals surface area contributed by atoms with Gasteiger partial charge < -0.3 is 9.80 Å². The Labute approximate surface area is 89.3 Å². The molecule has 0 saturated carbocycles. The summed E-state index contributed by atoms with van der Waals surface area (Å²) in [4.78, 5) is 26.1. The summed E-state index contributed by atoms with van der Waals surface area (Å²) in [5.41, 5.74) is 0. The summed E-state index contributed by atoms with van der Waals surface area (Å²) in [5.74, 6) is -0.0246. The number of nitrogens with zero attached hydrogens (tertiary/aromatic N) is 3. The molecule has 0 atom stereocenters. The summed E-state index contributed by atoms with van der Waals surface area (Å²) < 4.78 is 0. The Morgan fingerprint density at radius 2 is 1.87 bits per heavy atom. The van der Waals surface area contributed by atoms with Gasteiger partial charge in [-0.15, -0.1) is 0 Å². The molecular formula is C10H15N3O2. The standard InChI is InChI=1S/C10H15N3O2/c1-2-12-7-10(15)13(8-9(12)14)6-4-3-5-11/h2-4,6-8H2,1H3. The third-order valence-electron chi connectivity index (χ3n) is 2.46. The van der Waals surface area contributed by atoms with Crippen molar-refractivity contribution in [1.82, 2.24) is 9.80 Å². The topological polar surface area (TPSA) is 64.4 Å². The van der Waals surface area contributed by atoms with Crippen LogP contribution in [0.25, 0.3) is 0 Å². The molecule has 1 aliphatic rings. The average molecular weight is 209 g/mol. The molecule has 0 aromatic heterocycles. The summed E-state index contributed by atoms with van der Waals surface area (Å²) in [6, 6.07) is 2.02. The van der Waals surface area contributed by atoms with E-state index in [1.54, 1.807) is 4.90 Å².